The van der Waals surface area contributed by atoms with Gasteiger partial charge in [-0.3, -0.25) is 4.68 Å². The van der Waals surface area contributed by atoms with E-state index in [-0.39, 0.29) is 12.1 Å². The Morgan fingerprint density at radius 1 is 1.28 bits per heavy atom. The van der Waals surface area contributed by atoms with Gasteiger partial charge < -0.3 is 10.6 Å². The molecule has 7 heteroatoms. The van der Waals surface area contributed by atoms with Crippen LogP contribution in [0.2, 0.25) is 0 Å². The Labute approximate surface area is 147 Å². The number of carbonyl (C=O) groups excluding carboxylic acids is 1. The number of aryl methyl sites for hydroxylation is 2. The van der Waals surface area contributed by atoms with Crippen LogP contribution in [0, 0.1) is 0 Å². The van der Waals surface area contributed by atoms with Gasteiger partial charge in [0.25, 0.3) is 0 Å². The lowest BCUT2D eigenvalue weighted by molar-refractivity contribution is 0.235. The first-order valence-corrected chi connectivity index (χ1v) is 9.06. The van der Waals surface area contributed by atoms with Gasteiger partial charge >= 0.3 is 6.03 Å². The number of rotatable bonds is 5. The number of hydrogen-bond acceptors (Lipinski definition) is 4. The minimum Gasteiger partial charge on any atom is -0.338 e. The largest absolute Gasteiger partial charge is 0.338 e. The molecule has 0 bridgehead atoms. The predicted molar refractivity (Wildman–Crippen MR) is 93.1 cm³/mol. The SMILES string of the molecule is Cn1cc2c(n1)CCC[C@@H]2NC(=O)NCCc1cnc(C2CC2)nc1. The smallest absolute Gasteiger partial charge is 0.315 e. The van der Waals surface area contributed by atoms with Gasteiger partial charge in [0, 0.05) is 43.7 Å². The molecule has 1 saturated carbocycles. The summed E-state index contributed by atoms with van der Waals surface area (Å²) in [7, 11) is 1.92. The molecule has 2 heterocycles. The number of nitrogens with one attached hydrogen (secondary N) is 2. The van der Waals surface area contributed by atoms with Gasteiger partial charge in [-0.05, 0) is 44.1 Å². The van der Waals surface area contributed by atoms with Crippen molar-refractivity contribution in [2.75, 3.05) is 6.54 Å². The number of carbonyl (C=O) groups is 1. The topological polar surface area (TPSA) is 84.7 Å². The van der Waals surface area contributed by atoms with Crippen LogP contribution < -0.4 is 10.6 Å². The van der Waals surface area contributed by atoms with Crippen LogP contribution in [-0.2, 0) is 19.9 Å². The van der Waals surface area contributed by atoms with E-state index in [4.69, 9.17) is 0 Å². The van der Waals surface area contributed by atoms with Crippen LogP contribution in [0.1, 0.15) is 60.3 Å². The van der Waals surface area contributed by atoms with E-state index >= 15 is 0 Å². The maximum atomic E-state index is 12.2. The molecule has 2 aliphatic rings. The molecule has 2 amide bonds. The average Bonchev–Trinajstić information content (AvgIpc) is 3.37. The summed E-state index contributed by atoms with van der Waals surface area (Å²) in [6.07, 6.45) is 11.9. The van der Waals surface area contributed by atoms with E-state index in [9.17, 15) is 4.79 Å². The first-order chi connectivity index (χ1) is 12.2. The summed E-state index contributed by atoms with van der Waals surface area (Å²) < 4.78 is 1.83. The van der Waals surface area contributed by atoms with Crippen molar-refractivity contribution in [3.8, 4) is 0 Å². The normalized spacial score (nSPS) is 19.3. The highest BCUT2D eigenvalue weighted by atomic mass is 16.2. The molecule has 4 rings (SSSR count). The van der Waals surface area contributed by atoms with E-state index < -0.39 is 0 Å². The van der Waals surface area contributed by atoms with Crippen LogP contribution in [0.15, 0.2) is 18.6 Å². The third-order valence-electron chi connectivity index (χ3n) is 4.89. The summed E-state index contributed by atoms with van der Waals surface area (Å²) >= 11 is 0. The fourth-order valence-corrected chi connectivity index (χ4v) is 3.39. The third kappa shape index (κ3) is 3.81. The fourth-order valence-electron chi connectivity index (χ4n) is 3.39. The molecule has 0 saturated heterocycles. The summed E-state index contributed by atoms with van der Waals surface area (Å²) in [4.78, 5) is 21.0. The van der Waals surface area contributed by atoms with Crippen LogP contribution in [0.4, 0.5) is 4.79 Å². The van der Waals surface area contributed by atoms with Crippen molar-refractivity contribution in [3.63, 3.8) is 0 Å². The summed E-state index contributed by atoms with van der Waals surface area (Å²) in [5.41, 5.74) is 3.30. The second kappa shape index (κ2) is 6.82. The molecule has 0 aliphatic heterocycles. The first kappa shape index (κ1) is 16.1. The number of fused-ring (bicyclic) bond motifs is 1. The highest BCUT2D eigenvalue weighted by molar-refractivity contribution is 5.74. The monoisotopic (exact) mass is 340 g/mol. The van der Waals surface area contributed by atoms with Crippen molar-refractivity contribution in [1.29, 1.82) is 0 Å². The minimum absolute atomic E-state index is 0.0543. The number of hydrogen-bond donors (Lipinski definition) is 2. The predicted octanol–water partition coefficient (Wildman–Crippen LogP) is 2.01. The molecule has 0 spiro atoms. The van der Waals surface area contributed by atoms with Crippen molar-refractivity contribution < 1.29 is 4.79 Å². The number of aromatic nitrogens is 4. The van der Waals surface area contributed by atoms with Crippen LogP contribution in [0.5, 0.6) is 0 Å². The van der Waals surface area contributed by atoms with E-state index in [0.29, 0.717) is 12.5 Å². The Morgan fingerprint density at radius 2 is 2.08 bits per heavy atom. The highest BCUT2D eigenvalue weighted by Crippen LogP contribution is 2.37. The molecular weight excluding hydrogens is 316 g/mol. The minimum atomic E-state index is -0.128. The summed E-state index contributed by atoms with van der Waals surface area (Å²) in [6, 6.07) is -0.0733. The number of nitrogens with zero attached hydrogens (tertiary/aromatic N) is 4. The zero-order chi connectivity index (χ0) is 17.2. The molecule has 7 nitrogen and oxygen atoms in total. The van der Waals surface area contributed by atoms with Crippen molar-refractivity contribution >= 4 is 6.03 Å². The first-order valence-electron chi connectivity index (χ1n) is 9.06. The fraction of sp³-hybridized carbons (Fsp3) is 0.556. The quantitative estimate of drug-likeness (QED) is 0.872. The van der Waals surface area contributed by atoms with Gasteiger partial charge in [0.2, 0.25) is 0 Å². The Hall–Kier alpha value is -2.44. The number of urea groups is 1. The van der Waals surface area contributed by atoms with Gasteiger partial charge in [-0.25, -0.2) is 14.8 Å². The summed E-state index contributed by atoms with van der Waals surface area (Å²) in [6.45, 7) is 0.574. The van der Waals surface area contributed by atoms with Gasteiger partial charge in [-0.1, -0.05) is 0 Å². The molecule has 0 radical (unpaired) electrons. The van der Waals surface area contributed by atoms with E-state index in [0.717, 1.165) is 48.3 Å². The van der Waals surface area contributed by atoms with E-state index in [1.807, 2.05) is 30.3 Å². The molecular formula is C18H24N6O. The lowest BCUT2D eigenvalue weighted by Crippen LogP contribution is -2.39. The lowest BCUT2D eigenvalue weighted by atomic mass is 9.93. The second-order valence-electron chi connectivity index (χ2n) is 7.02. The molecule has 132 valence electrons. The van der Waals surface area contributed by atoms with Gasteiger partial charge in [-0.2, -0.15) is 5.10 Å². The Morgan fingerprint density at radius 3 is 2.84 bits per heavy atom. The van der Waals surface area contributed by atoms with Crippen LogP contribution in [0.3, 0.4) is 0 Å². The molecule has 1 fully saturated rings. The van der Waals surface area contributed by atoms with Crippen LogP contribution in [0.25, 0.3) is 0 Å². The maximum absolute atomic E-state index is 12.2. The van der Waals surface area contributed by atoms with Gasteiger partial charge in [0.1, 0.15) is 5.82 Å². The van der Waals surface area contributed by atoms with Crippen molar-refractivity contribution in [2.24, 2.45) is 7.05 Å². The summed E-state index contributed by atoms with van der Waals surface area (Å²) in [5, 5.41) is 10.5. The molecule has 2 aromatic rings. The van der Waals surface area contributed by atoms with E-state index in [1.165, 1.54) is 12.8 Å². The maximum Gasteiger partial charge on any atom is 0.315 e. The summed E-state index contributed by atoms with van der Waals surface area (Å²) in [5.74, 6) is 1.53. The standard InChI is InChI=1S/C18H24N6O/c1-24-11-14-15(3-2-4-16(14)23-24)22-18(25)19-8-7-12-9-20-17(21-10-12)13-5-6-13/h9-11,13,15H,2-8H2,1H3,(H2,19,22,25)/t15-/m0/s1. The van der Waals surface area contributed by atoms with Crippen LogP contribution >= 0.6 is 0 Å². The molecule has 2 N–H and O–H groups in total. The number of amides is 2. The third-order valence-corrected chi connectivity index (χ3v) is 4.89. The molecule has 1 atom stereocenters. The molecule has 2 aliphatic carbocycles. The Kier molecular flexibility index (Phi) is 4.38. The van der Waals surface area contributed by atoms with Crippen LogP contribution in [-0.4, -0.2) is 32.3 Å². The zero-order valence-corrected chi connectivity index (χ0v) is 14.5. The molecule has 0 aromatic carbocycles. The van der Waals surface area contributed by atoms with Crippen molar-refractivity contribution in [1.82, 2.24) is 30.4 Å². The molecule has 25 heavy (non-hydrogen) atoms. The highest BCUT2D eigenvalue weighted by Gasteiger charge is 2.26. The Bertz CT molecular complexity index is 749. The van der Waals surface area contributed by atoms with Gasteiger partial charge in [0.05, 0.1) is 11.7 Å². The zero-order valence-electron chi connectivity index (χ0n) is 14.5. The van der Waals surface area contributed by atoms with Gasteiger partial charge in [-0.15, -0.1) is 0 Å². The average molecular weight is 340 g/mol. The van der Waals surface area contributed by atoms with Crippen molar-refractivity contribution in [3.05, 3.63) is 41.2 Å². The van der Waals surface area contributed by atoms with E-state index in [1.54, 1.807) is 0 Å². The lowest BCUT2D eigenvalue weighted by Gasteiger charge is -2.22. The molecule has 0 unspecified atom stereocenters. The van der Waals surface area contributed by atoms with Crippen molar-refractivity contribution in [2.45, 2.75) is 50.5 Å². The van der Waals surface area contributed by atoms with E-state index in [2.05, 4.69) is 25.7 Å². The Balaban J connectivity index is 1.25. The molecule has 2 aromatic heterocycles. The van der Waals surface area contributed by atoms with Gasteiger partial charge in [0.15, 0.2) is 0 Å². The second-order valence-corrected chi connectivity index (χ2v) is 7.02.